The fourth-order valence-electron chi connectivity index (χ4n) is 2.89. The molecular weight excluding hydrogens is 448 g/mol. The van der Waals surface area contributed by atoms with Gasteiger partial charge in [0.25, 0.3) is 18.2 Å². The molecule has 5 N–H and O–H groups in total. The number of carbonyl (C=O) groups is 3. The topological polar surface area (TPSA) is 128 Å². The number of hydroxylamine groups is 1. The summed E-state index contributed by atoms with van der Waals surface area (Å²) in [5, 5.41) is 22.7. The van der Waals surface area contributed by atoms with Gasteiger partial charge < -0.3 is 15.7 Å². The van der Waals surface area contributed by atoms with Crippen molar-refractivity contribution in [2.24, 2.45) is 0 Å². The lowest BCUT2D eigenvalue weighted by Crippen LogP contribution is -2.68. The molecule has 0 fully saturated rings. The van der Waals surface area contributed by atoms with E-state index in [1.54, 1.807) is 18.2 Å². The maximum atomic E-state index is 13.7. The number of rotatable bonds is 6. The normalized spacial score (nSPS) is 12.6. The molecule has 8 nitrogen and oxygen atoms in total. The average Bonchev–Trinajstić information content (AvgIpc) is 2.80. The van der Waals surface area contributed by atoms with E-state index in [0.717, 1.165) is 13.8 Å². The molecule has 176 valence electrons. The van der Waals surface area contributed by atoms with E-state index in [0.29, 0.717) is 11.1 Å². The second-order valence-electron chi connectivity index (χ2n) is 7.24. The Morgan fingerprint density at radius 3 is 2.18 bits per heavy atom. The fraction of sp³-hybridized carbons (Fsp3) is 0.208. The van der Waals surface area contributed by atoms with Crippen LogP contribution in [-0.4, -0.2) is 46.0 Å². The molecule has 2 aromatic carbocycles. The number of benzene rings is 2. The largest absolute Gasteiger partial charge is 0.507 e. The SMILES string of the molecule is CC(=O)NC(C)(C(F)F)[C@H](NC(=O)c1ccc(C#CC#Cc2ccccc2O)cc1)C(=O)NO. The van der Waals surface area contributed by atoms with Crippen molar-refractivity contribution in [2.75, 3.05) is 0 Å². The van der Waals surface area contributed by atoms with Gasteiger partial charge in [-0.1, -0.05) is 18.1 Å². The van der Waals surface area contributed by atoms with Crippen molar-refractivity contribution in [1.29, 1.82) is 0 Å². The van der Waals surface area contributed by atoms with Crippen LogP contribution in [0.25, 0.3) is 0 Å². The van der Waals surface area contributed by atoms with E-state index >= 15 is 0 Å². The summed E-state index contributed by atoms with van der Waals surface area (Å²) in [6.07, 6.45) is -3.25. The van der Waals surface area contributed by atoms with Crippen molar-refractivity contribution in [3.8, 4) is 29.4 Å². The number of halogens is 2. The van der Waals surface area contributed by atoms with E-state index in [2.05, 4.69) is 29.0 Å². The number of para-hydroxylation sites is 1. The van der Waals surface area contributed by atoms with Crippen LogP contribution in [0.1, 0.15) is 35.3 Å². The van der Waals surface area contributed by atoms with Crippen molar-refractivity contribution in [1.82, 2.24) is 16.1 Å². The molecule has 2 aromatic rings. The third-order valence-corrected chi connectivity index (χ3v) is 4.66. The lowest BCUT2D eigenvalue weighted by Gasteiger charge is -2.36. The summed E-state index contributed by atoms with van der Waals surface area (Å²) in [6.45, 7) is 1.84. The molecule has 0 aliphatic heterocycles. The van der Waals surface area contributed by atoms with Crippen molar-refractivity contribution in [3.05, 3.63) is 65.2 Å². The van der Waals surface area contributed by atoms with Crippen LogP contribution in [0, 0.1) is 23.7 Å². The first-order valence-electron chi connectivity index (χ1n) is 9.80. The standard InChI is InChI=1S/C24H21F2N3O5/c1-15(30)28-24(2,23(25)26)20(22(33)29-34)27-21(32)18-13-11-16(12-14-18)7-3-4-8-17-9-5-6-10-19(17)31/h5-6,9-14,20,23,31,34H,1-2H3,(H,27,32)(H,28,30)(H,29,33)/t20-,24?/m1/s1. The number of hydrogen-bond donors (Lipinski definition) is 5. The second-order valence-corrected chi connectivity index (χ2v) is 7.24. The van der Waals surface area contributed by atoms with Gasteiger partial charge in [0.05, 0.1) is 5.56 Å². The van der Waals surface area contributed by atoms with Gasteiger partial charge in [-0.05, 0) is 61.1 Å². The van der Waals surface area contributed by atoms with Gasteiger partial charge in [-0.15, -0.1) is 0 Å². The van der Waals surface area contributed by atoms with Crippen molar-refractivity contribution in [3.63, 3.8) is 0 Å². The maximum Gasteiger partial charge on any atom is 0.268 e. The lowest BCUT2D eigenvalue weighted by atomic mass is 9.91. The second kappa shape index (κ2) is 11.5. The minimum atomic E-state index is -3.25. The van der Waals surface area contributed by atoms with Crippen molar-refractivity contribution in [2.45, 2.75) is 31.9 Å². The number of nitrogens with one attached hydrogen (secondary N) is 3. The summed E-state index contributed by atoms with van der Waals surface area (Å²) < 4.78 is 27.4. The van der Waals surface area contributed by atoms with Crippen LogP contribution in [0.15, 0.2) is 48.5 Å². The van der Waals surface area contributed by atoms with E-state index in [9.17, 15) is 28.3 Å². The Labute approximate surface area is 194 Å². The zero-order valence-electron chi connectivity index (χ0n) is 18.1. The van der Waals surface area contributed by atoms with Crippen LogP contribution in [0.4, 0.5) is 8.78 Å². The molecule has 0 heterocycles. The molecule has 34 heavy (non-hydrogen) atoms. The summed E-state index contributed by atoms with van der Waals surface area (Å²) in [4.78, 5) is 36.0. The summed E-state index contributed by atoms with van der Waals surface area (Å²) >= 11 is 0. The molecule has 10 heteroatoms. The molecule has 1 unspecified atom stereocenters. The minimum absolute atomic E-state index is 0.0148. The zero-order chi connectivity index (χ0) is 25.3. The third-order valence-electron chi connectivity index (χ3n) is 4.66. The Morgan fingerprint density at radius 2 is 1.62 bits per heavy atom. The fourth-order valence-corrected chi connectivity index (χ4v) is 2.89. The lowest BCUT2D eigenvalue weighted by molar-refractivity contribution is -0.137. The summed E-state index contributed by atoms with van der Waals surface area (Å²) in [6, 6.07) is 10.2. The van der Waals surface area contributed by atoms with Crippen LogP contribution in [0.5, 0.6) is 5.75 Å². The number of carbonyl (C=O) groups excluding carboxylic acids is 3. The monoisotopic (exact) mass is 469 g/mol. The van der Waals surface area contributed by atoms with E-state index < -0.39 is 35.7 Å². The van der Waals surface area contributed by atoms with Gasteiger partial charge in [-0.3, -0.25) is 19.6 Å². The summed E-state index contributed by atoms with van der Waals surface area (Å²) in [5.74, 6) is 7.58. The minimum Gasteiger partial charge on any atom is -0.507 e. The van der Waals surface area contributed by atoms with Gasteiger partial charge in [-0.25, -0.2) is 14.3 Å². The number of hydrogen-bond acceptors (Lipinski definition) is 5. The Bertz CT molecular complexity index is 1190. The predicted octanol–water partition coefficient (Wildman–Crippen LogP) is 1.56. The van der Waals surface area contributed by atoms with Crippen LogP contribution in [-0.2, 0) is 9.59 Å². The molecule has 0 bridgehead atoms. The van der Waals surface area contributed by atoms with Gasteiger partial charge in [-0.2, -0.15) is 0 Å². The Kier molecular flexibility index (Phi) is 8.71. The van der Waals surface area contributed by atoms with Crippen molar-refractivity contribution < 1.29 is 33.5 Å². The van der Waals surface area contributed by atoms with Gasteiger partial charge in [0.1, 0.15) is 17.3 Å². The smallest absolute Gasteiger partial charge is 0.268 e. The molecule has 0 spiro atoms. The summed E-state index contributed by atoms with van der Waals surface area (Å²) in [5.41, 5.74) is -0.350. The van der Waals surface area contributed by atoms with E-state index in [-0.39, 0.29) is 11.3 Å². The van der Waals surface area contributed by atoms with Crippen LogP contribution in [0.2, 0.25) is 0 Å². The predicted molar refractivity (Wildman–Crippen MR) is 118 cm³/mol. The van der Waals surface area contributed by atoms with Crippen molar-refractivity contribution >= 4 is 17.7 Å². The van der Waals surface area contributed by atoms with E-state index in [1.165, 1.54) is 35.8 Å². The van der Waals surface area contributed by atoms with Crippen LogP contribution >= 0.6 is 0 Å². The molecule has 0 saturated carbocycles. The first kappa shape index (κ1) is 25.8. The number of aromatic hydroxyl groups is 1. The molecule has 3 amide bonds. The third kappa shape index (κ3) is 6.55. The molecule has 2 atom stereocenters. The highest BCUT2D eigenvalue weighted by molar-refractivity contribution is 5.98. The van der Waals surface area contributed by atoms with Gasteiger partial charge in [0.2, 0.25) is 5.91 Å². The van der Waals surface area contributed by atoms with E-state index in [1.807, 2.05) is 5.32 Å². The Balaban J connectivity index is 2.19. The number of alkyl halides is 2. The van der Waals surface area contributed by atoms with Crippen LogP contribution in [0.3, 0.4) is 0 Å². The maximum absolute atomic E-state index is 13.7. The number of phenols is 1. The Morgan fingerprint density at radius 1 is 1.00 bits per heavy atom. The highest BCUT2D eigenvalue weighted by Gasteiger charge is 2.48. The molecular formula is C24H21F2N3O5. The quantitative estimate of drug-likeness (QED) is 0.249. The first-order valence-corrected chi connectivity index (χ1v) is 9.80. The first-order chi connectivity index (χ1) is 16.1. The number of phenolic OH excluding ortho intramolecular Hbond substituents is 1. The molecule has 0 aliphatic carbocycles. The molecule has 2 rings (SSSR count). The van der Waals surface area contributed by atoms with E-state index in [4.69, 9.17) is 5.21 Å². The average molecular weight is 469 g/mol. The summed E-state index contributed by atoms with van der Waals surface area (Å²) in [7, 11) is 0. The highest BCUT2D eigenvalue weighted by atomic mass is 19.3. The van der Waals surface area contributed by atoms with Gasteiger partial charge >= 0.3 is 0 Å². The van der Waals surface area contributed by atoms with Crippen LogP contribution < -0.4 is 16.1 Å². The number of amides is 3. The van der Waals surface area contributed by atoms with Gasteiger partial charge in [0.15, 0.2) is 0 Å². The highest BCUT2D eigenvalue weighted by Crippen LogP contribution is 2.21. The molecule has 0 saturated heterocycles. The molecule has 0 aromatic heterocycles. The zero-order valence-corrected chi connectivity index (χ0v) is 18.1. The molecule has 0 aliphatic rings. The Hall–Kier alpha value is -4.41. The molecule has 0 radical (unpaired) electrons. The van der Waals surface area contributed by atoms with Gasteiger partial charge in [0, 0.05) is 18.1 Å².